The van der Waals surface area contributed by atoms with Crippen LogP contribution in [-0.4, -0.2) is 39.4 Å². The van der Waals surface area contributed by atoms with Crippen molar-refractivity contribution in [3.05, 3.63) is 72.8 Å². The molecular weight excluding hydrogens is 402 g/mol. The van der Waals surface area contributed by atoms with Crippen molar-refractivity contribution in [2.24, 2.45) is 4.99 Å². The molecule has 5 rings (SSSR count). The van der Waals surface area contributed by atoms with Gasteiger partial charge in [-0.25, -0.2) is 9.97 Å². The van der Waals surface area contributed by atoms with Gasteiger partial charge in [-0.2, -0.15) is 8.78 Å². The van der Waals surface area contributed by atoms with Crippen molar-refractivity contribution in [2.45, 2.75) is 6.61 Å². The first-order valence-electron chi connectivity index (χ1n) is 9.46. The summed E-state index contributed by atoms with van der Waals surface area (Å²) in [6.45, 7) is -2.45. The van der Waals surface area contributed by atoms with Gasteiger partial charge in [-0.3, -0.25) is 9.98 Å². The van der Waals surface area contributed by atoms with Crippen LogP contribution in [0.5, 0.6) is 5.88 Å². The van der Waals surface area contributed by atoms with Gasteiger partial charge in [0.1, 0.15) is 12.5 Å². The number of rotatable bonds is 5. The minimum Gasteiger partial charge on any atom is -0.417 e. The molecule has 4 aromatic rings. The zero-order valence-electron chi connectivity index (χ0n) is 16.1. The van der Waals surface area contributed by atoms with Crippen LogP contribution in [0.1, 0.15) is 5.69 Å². The molecule has 9 heteroatoms. The van der Waals surface area contributed by atoms with E-state index in [1.165, 1.54) is 12.3 Å². The molecule has 0 fully saturated rings. The molecule has 0 saturated heterocycles. The lowest BCUT2D eigenvalue weighted by atomic mass is 10.1. The van der Waals surface area contributed by atoms with Gasteiger partial charge in [0.2, 0.25) is 5.88 Å². The third-order valence-electron chi connectivity index (χ3n) is 4.72. The Morgan fingerprint density at radius 3 is 2.84 bits per heavy atom. The molecular formula is C22H16F2N6O. The van der Waals surface area contributed by atoms with Gasteiger partial charge in [0.05, 0.1) is 22.9 Å². The normalized spacial score (nSPS) is 13.6. The summed E-state index contributed by atoms with van der Waals surface area (Å²) in [7, 11) is 0. The van der Waals surface area contributed by atoms with Crippen LogP contribution in [0.15, 0.2) is 72.1 Å². The molecule has 7 nitrogen and oxygen atoms in total. The molecule has 0 atom stereocenters. The van der Waals surface area contributed by atoms with Crippen LogP contribution < -0.4 is 9.64 Å². The maximum Gasteiger partial charge on any atom is 0.388 e. The van der Waals surface area contributed by atoms with Gasteiger partial charge in [0.25, 0.3) is 0 Å². The quantitative estimate of drug-likeness (QED) is 0.516. The number of aromatic amines is 1. The molecule has 1 aliphatic heterocycles. The highest BCUT2D eigenvalue weighted by Crippen LogP contribution is 2.28. The van der Waals surface area contributed by atoms with Crippen molar-refractivity contribution < 1.29 is 13.5 Å². The maximum atomic E-state index is 12.4. The van der Waals surface area contributed by atoms with Gasteiger partial charge < -0.3 is 14.6 Å². The van der Waals surface area contributed by atoms with Crippen molar-refractivity contribution in [1.82, 2.24) is 19.9 Å². The largest absolute Gasteiger partial charge is 0.417 e. The van der Waals surface area contributed by atoms with Gasteiger partial charge in [-0.1, -0.05) is 18.2 Å². The standard InChI is InChI=1S/C22H16F2N6O/c23-22(24)31-20-9-18-19(11-27-20)29-21(28-18)14-4-3-5-16(8-14)30-12-15(10-25-13-30)17-6-1-2-7-26-17/h1-12,22H,13H2,(H,28,29). The molecule has 1 N–H and O–H groups in total. The minimum atomic E-state index is -2.93. The number of hydrogen-bond acceptors (Lipinski definition) is 6. The number of anilines is 1. The van der Waals surface area contributed by atoms with Gasteiger partial charge in [-0.05, 0) is 24.3 Å². The highest BCUT2D eigenvalue weighted by atomic mass is 19.3. The van der Waals surface area contributed by atoms with E-state index in [4.69, 9.17) is 0 Å². The number of allylic oxidation sites excluding steroid dienone is 1. The van der Waals surface area contributed by atoms with E-state index in [2.05, 4.69) is 29.7 Å². The van der Waals surface area contributed by atoms with E-state index in [9.17, 15) is 8.78 Å². The second-order valence-electron chi connectivity index (χ2n) is 6.78. The number of benzene rings is 1. The monoisotopic (exact) mass is 418 g/mol. The van der Waals surface area contributed by atoms with E-state index in [0.717, 1.165) is 22.5 Å². The van der Waals surface area contributed by atoms with Crippen LogP contribution in [-0.2, 0) is 0 Å². The SMILES string of the molecule is FC(F)Oc1cc2nc(-c3cccc(N4C=C(c5ccccn5)C=NC4)c3)[nH]c2cn1. The summed E-state index contributed by atoms with van der Waals surface area (Å²) in [5.74, 6) is 0.426. The molecule has 1 aromatic carbocycles. The van der Waals surface area contributed by atoms with E-state index in [1.807, 2.05) is 59.8 Å². The van der Waals surface area contributed by atoms with Crippen molar-refractivity contribution in [3.63, 3.8) is 0 Å². The fraction of sp³-hybridized carbons (Fsp3) is 0.0909. The molecule has 3 aromatic heterocycles. The maximum absolute atomic E-state index is 12.4. The molecule has 0 bridgehead atoms. The zero-order valence-corrected chi connectivity index (χ0v) is 16.1. The van der Waals surface area contributed by atoms with Gasteiger partial charge >= 0.3 is 6.61 Å². The summed E-state index contributed by atoms with van der Waals surface area (Å²) in [5, 5.41) is 0. The fourth-order valence-electron chi connectivity index (χ4n) is 3.31. The number of aliphatic imine (C=N–C) groups is 1. The van der Waals surface area contributed by atoms with E-state index >= 15 is 0 Å². The number of hydrogen-bond donors (Lipinski definition) is 1. The lowest BCUT2D eigenvalue weighted by Gasteiger charge is -2.23. The predicted octanol–water partition coefficient (Wildman–Crippen LogP) is 4.51. The summed E-state index contributed by atoms with van der Waals surface area (Å²) in [6, 6.07) is 14.9. The Labute approximate surface area is 175 Å². The minimum absolute atomic E-state index is 0.173. The molecule has 0 aliphatic carbocycles. The number of imidazole rings is 1. The Hall–Kier alpha value is -4.14. The molecule has 1 aliphatic rings. The Kier molecular flexibility index (Phi) is 4.83. The highest BCUT2D eigenvalue weighted by molar-refractivity contribution is 6.10. The molecule has 0 radical (unpaired) electrons. The van der Waals surface area contributed by atoms with E-state index < -0.39 is 6.61 Å². The summed E-state index contributed by atoms with van der Waals surface area (Å²) < 4.78 is 29.2. The summed E-state index contributed by atoms with van der Waals surface area (Å²) in [6.07, 6.45) is 6.99. The first kappa shape index (κ1) is 18.9. The third kappa shape index (κ3) is 3.97. The van der Waals surface area contributed by atoms with Crippen LogP contribution in [0.2, 0.25) is 0 Å². The topological polar surface area (TPSA) is 79.3 Å². The van der Waals surface area contributed by atoms with Crippen LogP contribution in [0.3, 0.4) is 0 Å². The smallest absolute Gasteiger partial charge is 0.388 e. The summed E-state index contributed by atoms with van der Waals surface area (Å²) in [5.41, 5.74) is 4.65. The van der Waals surface area contributed by atoms with Gasteiger partial charge in [-0.15, -0.1) is 0 Å². The van der Waals surface area contributed by atoms with Crippen LogP contribution in [0.4, 0.5) is 14.5 Å². The Balaban J connectivity index is 1.45. The Morgan fingerprint density at radius 1 is 1.06 bits per heavy atom. The third-order valence-corrected chi connectivity index (χ3v) is 4.72. The lowest BCUT2D eigenvalue weighted by molar-refractivity contribution is -0.0527. The molecule has 4 heterocycles. The second-order valence-corrected chi connectivity index (χ2v) is 6.78. The van der Waals surface area contributed by atoms with E-state index in [-0.39, 0.29) is 5.88 Å². The first-order chi connectivity index (χ1) is 15.2. The Bertz CT molecular complexity index is 1290. The van der Waals surface area contributed by atoms with Crippen LogP contribution in [0, 0.1) is 0 Å². The average molecular weight is 418 g/mol. The number of pyridine rings is 2. The van der Waals surface area contributed by atoms with Crippen molar-refractivity contribution in [1.29, 1.82) is 0 Å². The number of nitrogens with zero attached hydrogens (tertiary/aromatic N) is 5. The number of ether oxygens (including phenoxy) is 1. The zero-order chi connectivity index (χ0) is 21.2. The fourth-order valence-corrected chi connectivity index (χ4v) is 3.31. The number of H-pyrrole nitrogens is 1. The molecule has 0 amide bonds. The summed E-state index contributed by atoms with van der Waals surface area (Å²) >= 11 is 0. The lowest BCUT2D eigenvalue weighted by Crippen LogP contribution is -2.20. The Morgan fingerprint density at radius 2 is 2.00 bits per heavy atom. The second kappa shape index (κ2) is 7.94. The number of halogens is 2. The molecule has 0 unspecified atom stereocenters. The van der Waals surface area contributed by atoms with Crippen LogP contribution in [0.25, 0.3) is 28.0 Å². The predicted molar refractivity (Wildman–Crippen MR) is 114 cm³/mol. The van der Waals surface area contributed by atoms with Gasteiger partial charge in [0, 0.05) is 41.5 Å². The highest BCUT2D eigenvalue weighted by Gasteiger charge is 2.14. The van der Waals surface area contributed by atoms with E-state index in [1.54, 1.807) is 6.20 Å². The average Bonchev–Trinajstić information content (AvgIpc) is 3.23. The first-order valence-corrected chi connectivity index (χ1v) is 9.46. The van der Waals surface area contributed by atoms with Crippen LogP contribution >= 0.6 is 0 Å². The molecule has 31 heavy (non-hydrogen) atoms. The molecule has 0 spiro atoms. The molecule has 0 saturated carbocycles. The number of alkyl halides is 2. The number of fused-ring (bicyclic) bond motifs is 1. The van der Waals surface area contributed by atoms with Crippen molar-refractivity contribution in [2.75, 3.05) is 11.6 Å². The molecule has 154 valence electrons. The number of nitrogens with one attached hydrogen (secondary N) is 1. The number of aromatic nitrogens is 4. The van der Waals surface area contributed by atoms with Crippen molar-refractivity contribution in [3.8, 4) is 17.3 Å². The van der Waals surface area contributed by atoms with E-state index in [0.29, 0.717) is 23.5 Å². The summed E-state index contributed by atoms with van der Waals surface area (Å²) in [4.78, 5) is 22.4. The van der Waals surface area contributed by atoms with Gasteiger partial charge in [0.15, 0.2) is 0 Å². The van der Waals surface area contributed by atoms with Crippen molar-refractivity contribution >= 4 is 28.5 Å².